The number of hydrogen-bond donors (Lipinski definition) is 0. The van der Waals surface area contributed by atoms with Gasteiger partial charge in [0.1, 0.15) is 0 Å². The molecular weight excluding hydrogens is 416 g/mol. The molecule has 0 atom stereocenters. The van der Waals surface area contributed by atoms with Crippen molar-refractivity contribution in [3.05, 3.63) is 43.7 Å². The van der Waals surface area contributed by atoms with Gasteiger partial charge in [-0.2, -0.15) is 0 Å². The third-order valence-corrected chi connectivity index (χ3v) is 4.00. The standard InChI is InChI=1S/C12H5Br3O2/c13-6-4-8(15)12-10(5-6)16-9-3-1-2-7(14)11(9)17-12/h1-5H. The van der Waals surface area contributed by atoms with Crippen molar-refractivity contribution < 1.29 is 9.47 Å². The van der Waals surface area contributed by atoms with Gasteiger partial charge in [-0.3, -0.25) is 0 Å². The second kappa shape index (κ2) is 4.30. The van der Waals surface area contributed by atoms with Crippen molar-refractivity contribution in [1.82, 2.24) is 0 Å². The zero-order valence-corrected chi connectivity index (χ0v) is 13.1. The number of ether oxygens (including phenoxy) is 2. The second-order valence-corrected chi connectivity index (χ2v) is 6.11. The van der Waals surface area contributed by atoms with Crippen molar-refractivity contribution in [3.63, 3.8) is 0 Å². The van der Waals surface area contributed by atoms with Gasteiger partial charge in [-0.15, -0.1) is 0 Å². The van der Waals surface area contributed by atoms with Crippen molar-refractivity contribution in [2.24, 2.45) is 0 Å². The minimum atomic E-state index is 0.688. The highest BCUT2D eigenvalue weighted by atomic mass is 79.9. The van der Waals surface area contributed by atoms with E-state index < -0.39 is 0 Å². The first-order chi connectivity index (χ1) is 8.15. The van der Waals surface area contributed by atoms with Gasteiger partial charge in [0.15, 0.2) is 23.0 Å². The number of hydrogen-bond acceptors (Lipinski definition) is 2. The Hall–Kier alpha value is -0.520. The number of fused-ring (bicyclic) bond motifs is 2. The quantitative estimate of drug-likeness (QED) is 0.452. The molecule has 2 nitrogen and oxygen atoms in total. The SMILES string of the molecule is Brc1cc(Br)c2c(c1)Oc1cccc(Br)c1O2. The second-order valence-electron chi connectivity index (χ2n) is 3.49. The van der Waals surface area contributed by atoms with Gasteiger partial charge in [0.05, 0.1) is 8.95 Å². The molecule has 0 aliphatic carbocycles. The summed E-state index contributed by atoms with van der Waals surface area (Å²) >= 11 is 10.3. The Bertz CT molecular complexity index is 611. The third-order valence-electron chi connectivity index (χ3n) is 2.33. The van der Waals surface area contributed by atoms with Gasteiger partial charge in [0.25, 0.3) is 0 Å². The van der Waals surface area contributed by atoms with E-state index >= 15 is 0 Å². The van der Waals surface area contributed by atoms with E-state index in [2.05, 4.69) is 47.8 Å². The van der Waals surface area contributed by atoms with Crippen molar-refractivity contribution >= 4 is 47.8 Å². The Kier molecular flexibility index (Phi) is 2.92. The molecule has 2 aromatic rings. The molecule has 2 aromatic carbocycles. The van der Waals surface area contributed by atoms with Crippen LogP contribution in [0.5, 0.6) is 23.0 Å². The maximum atomic E-state index is 5.85. The van der Waals surface area contributed by atoms with Gasteiger partial charge in [0, 0.05) is 4.47 Å². The summed E-state index contributed by atoms with van der Waals surface area (Å²) in [7, 11) is 0. The molecule has 3 rings (SSSR count). The van der Waals surface area contributed by atoms with Gasteiger partial charge in [0.2, 0.25) is 0 Å². The molecule has 5 heteroatoms. The molecule has 0 aromatic heterocycles. The first-order valence-electron chi connectivity index (χ1n) is 4.78. The van der Waals surface area contributed by atoms with E-state index in [0.717, 1.165) is 13.4 Å². The Balaban J connectivity index is 2.17. The molecule has 0 amide bonds. The molecule has 1 aliphatic rings. The van der Waals surface area contributed by atoms with E-state index in [1.165, 1.54) is 0 Å². The lowest BCUT2D eigenvalue weighted by Crippen LogP contribution is -2.00. The van der Waals surface area contributed by atoms with Crippen LogP contribution in [-0.4, -0.2) is 0 Å². The highest BCUT2D eigenvalue weighted by Crippen LogP contribution is 2.51. The Morgan fingerprint density at radius 3 is 2.35 bits per heavy atom. The van der Waals surface area contributed by atoms with Crippen LogP contribution in [0.4, 0.5) is 0 Å². The van der Waals surface area contributed by atoms with E-state index in [4.69, 9.17) is 9.47 Å². The molecule has 0 N–H and O–H groups in total. The number of rotatable bonds is 0. The Labute approximate surface area is 123 Å². The lowest BCUT2D eigenvalue weighted by molar-refractivity contribution is 0.355. The van der Waals surface area contributed by atoms with Crippen LogP contribution >= 0.6 is 47.8 Å². The summed E-state index contributed by atoms with van der Waals surface area (Å²) in [6.07, 6.45) is 0. The Morgan fingerprint density at radius 1 is 0.765 bits per heavy atom. The van der Waals surface area contributed by atoms with Crippen LogP contribution in [0, 0.1) is 0 Å². The number of halogens is 3. The average molecular weight is 421 g/mol. The van der Waals surface area contributed by atoms with E-state index in [0.29, 0.717) is 23.0 Å². The molecule has 0 spiro atoms. The highest BCUT2D eigenvalue weighted by molar-refractivity contribution is 9.11. The topological polar surface area (TPSA) is 18.5 Å². The normalized spacial score (nSPS) is 12.2. The Morgan fingerprint density at radius 2 is 1.53 bits per heavy atom. The average Bonchev–Trinajstić information content (AvgIpc) is 2.27. The molecule has 0 bridgehead atoms. The molecule has 1 aliphatic heterocycles. The summed E-state index contributed by atoms with van der Waals surface area (Å²) in [5.41, 5.74) is 0. The summed E-state index contributed by atoms with van der Waals surface area (Å²) in [5, 5.41) is 0. The van der Waals surface area contributed by atoms with Crippen molar-refractivity contribution in [2.75, 3.05) is 0 Å². The first kappa shape index (κ1) is 11.6. The molecule has 0 fully saturated rings. The minimum Gasteiger partial charge on any atom is -0.449 e. The molecule has 0 saturated heterocycles. The van der Waals surface area contributed by atoms with Crippen LogP contribution in [0.2, 0.25) is 0 Å². The van der Waals surface area contributed by atoms with Gasteiger partial charge in [-0.05, 0) is 56.1 Å². The van der Waals surface area contributed by atoms with Crippen molar-refractivity contribution in [3.8, 4) is 23.0 Å². The highest BCUT2D eigenvalue weighted by Gasteiger charge is 2.23. The maximum absolute atomic E-state index is 5.85. The van der Waals surface area contributed by atoms with Crippen molar-refractivity contribution in [2.45, 2.75) is 0 Å². The predicted octanol–water partition coefficient (Wildman–Crippen LogP) is 5.87. The molecule has 0 radical (unpaired) electrons. The van der Waals surface area contributed by atoms with Crippen LogP contribution in [-0.2, 0) is 0 Å². The van der Waals surface area contributed by atoms with Crippen LogP contribution in [0.1, 0.15) is 0 Å². The molecule has 0 unspecified atom stereocenters. The van der Waals surface area contributed by atoms with E-state index in [9.17, 15) is 0 Å². The summed E-state index contributed by atoms with van der Waals surface area (Å²) in [6, 6.07) is 9.50. The zero-order valence-electron chi connectivity index (χ0n) is 8.34. The number of benzene rings is 2. The predicted molar refractivity (Wildman–Crippen MR) is 76.1 cm³/mol. The summed E-state index contributed by atoms with van der Waals surface area (Å²) in [6.45, 7) is 0. The molecule has 1 heterocycles. The van der Waals surface area contributed by atoms with Crippen LogP contribution in [0.25, 0.3) is 0 Å². The molecule has 86 valence electrons. The lowest BCUT2D eigenvalue weighted by Gasteiger charge is -2.22. The maximum Gasteiger partial charge on any atom is 0.184 e. The van der Waals surface area contributed by atoms with E-state index in [1.807, 2.05) is 30.3 Å². The van der Waals surface area contributed by atoms with Crippen molar-refractivity contribution in [1.29, 1.82) is 0 Å². The summed E-state index contributed by atoms with van der Waals surface area (Å²) in [4.78, 5) is 0. The van der Waals surface area contributed by atoms with Crippen LogP contribution in [0.3, 0.4) is 0 Å². The molecule has 17 heavy (non-hydrogen) atoms. The third kappa shape index (κ3) is 2.00. The molecule has 0 saturated carbocycles. The van der Waals surface area contributed by atoms with Crippen LogP contribution < -0.4 is 9.47 Å². The van der Waals surface area contributed by atoms with E-state index in [-0.39, 0.29) is 0 Å². The number of para-hydroxylation sites is 1. The lowest BCUT2D eigenvalue weighted by atomic mass is 10.2. The zero-order chi connectivity index (χ0) is 12.0. The summed E-state index contributed by atoms with van der Waals surface area (Å²) < 4.78 is 14.3. The van der Waals surface area contributed by atoms with Gasteiger partial charge in [-0.1, -0.05) is 22.0 Å². The fourth-order valence-corrected chi connectivity index (χ4v) is 3.30. The van der Waals surface area contributed by atoms with E-state index in [1.54, 1.807) is 0 Å². The largest absolute Gasteiger partial charge is 0.449 e. The van der Waals surface area contributed by atoms with Gasteiger partial charge < -0.3 is 9.47 Å². The van der Waals surface area contributed by atoms with Crippen LogP contribution in [0.15, 0.2) is 43.7 Å². The fraction of sp³-hybridized carbons (Fsp3) is 0. The first-order valence-corrected chi connectivity index (χ1v) is 7.16. The molecular formula is C12H5Br3O2. The summed E-state index contributed by atoms with van der Waals surface area (Å²) in [5.74, 6) is 2.78. The monoisotopic (exact) mass is 418 g/mol. The van der Waals surface area contributed by atoms with Gasteiger partial charge in [-0.25, -0.2) is 0 Å². The minimum absolute atomic E-state index is 0.688. The van der Waals surface area contributed by atoms with Gasteiger partial charge >= 0.3 is 0 Å². The smallest absolute Gasteiger partial charge is 0.184 e. The fourth-order valence-electron chi connectivity index (χ4n) is 1.60.